The van der Waals surface area contributed by atoms with Crippen LogP contribution < -0.4 is 5.32 Å². The summed E-state index contributed by atoms with van der Waals surface area (Å²) in [4.78, 5) is 24.7. The number of oxazole rings is 1. The minimum absolute atomic E-state index is 0.0933. The third-order valence-corrected chi connectivity index (χ3v) is 1.28. The first kappa shape index (κ1) is 9.24. The van der Waals surface area contributed by atoms with Gasteiger partial charge in [0.2, 0.25) is 11.7 Å². The van der Waals surface area contributed by atoms with Crippen molar-refractivity contribution in [2.45, 2.75) is 13.3 Å². The number of aromatic carboxylic acids is 1. The van der Waals surface area contributed by atoms with Crippen LogP contribution in [0.15, 0.2) is 10.6 Å². The SMILES string of the molecule is CCC(=O)Nc1ncc(C(=O)O)o1. The van der Waals surface area contributed by atoms with Crippen LogP contribution in [0.5, 0.6) is 0 Å². The Balaban J connectivity index is 2.69. The molecule has 1 rings (SSSR count). The molecule has 1 aromatic heterocycles. The molecule has 0 atom stereocenters. The molecule has 2 N–H and O–H groups in total. The third-order valence-electron chi connectivity index (χ3n) is 1.28. The van der Waals surface area contributed by atoms with Gasteiger partial charge >= 0.3 is 12.0 Å². The van der Waals surface area contributed by atoms with Crippen LogP contribution in [0.2, 0.25) is 0 Å². The summed E-state index contributed by atoms with van der Waals surface area (Å²) in [5, 5.41) is 10.7. The van der Waals surface area contributed by atoms with Crippen LogP contribution in [0.25, 0.3) is 0 Å². The highest BCUT2D eigenvalue weighted by Crippen LogP contribution is 2.08. The second-order valence-corrected chi connectivity index (χ2v) is 2.24. The summed E-state index contributed by atoms with van der Waals surface area (Å²) in [6.45, 7) is 1.66. The van der Waals surface area contributed by atoms with Crippen LogP contribution in [-0.4, -0.2) is 22.0 Å². The number of carbonyl (C=O) groups excluding carboxylic acids is 1. The molecule has 0 saturated heterocycles. The Bertz CT molecular complexity index is 331. The van der Waals surface area contributed by atoms with E-state index >= 15 is 0 Å². The second kappa shape index (κ2) is 3.70. The predicted molar refractivity (Wildman–Crippen MR) is 42.4 cm³/mol. The van der Waals surface area contributed by atoms with Crippen molar-refractivity contribution in [3.05, 3.63) is 12.0 Å². The molecule has 0 aliphatic rings. The molecule has 0 saturated carbocycles. The molecule has 0 spiro atoms. The highest BCUT2D eigenvalue weighted by molar-refractivity contribution is 5.89. The molecule has 1 amide bonds. The lowest BCUT2D eigenvalue weighted by Crippen LogP contribution is -2.09. The standard InChI is InChI=1S/C7H8N2O4/c1-2-5(10)9-7-8-3-4(13-7)6(11)12/h3H,2H2,1H3,(H,11,12)(H,8,9,10). The van der Waals surface area contributed by atoms with Gasteiger partial charge < -0.3 is 9.52 Å². The van der Waals surface area contributed by atoms with Crippen molar-refractivity contribution >= 4 is 17.9 Å². The van der Waals surface area contributed by atoms with Crippen molar-refractivity contribution in [1.29, 1.82) is 0 Å². The van der Waals surface area contributed by atoms with E-state index in [1.54, 1.807) is 6.92 Å². The van der Waals surface area contributed by atoms with Crippen molar-refractivity contribution in [1.82, 2.24) is 4.98 Å². The number of nitrogens with zero attached hydrogens (tertiary/aromatic N) is 1. The van der Waals surface area contributed by atoms with Crippen molar-refractivity contribution in [2.24, 2.45) is 0 Å². The van der Waals surface area contributed by atoms with Crippen LogP contribution in [0.1, 0.15) is 23.9 Å². The lowest BCUT2D eigenvalue weighted by atomic mass is 10.5. The topological polar surface area (TPSA) is 92.4 Å². The largest absolute Gasteiger partial charge is 0.475 e. The average molecular weight is 184 g/mol. The highest BCUT2D eigenvalue weighted by Gasteiger charge is 2.11. The van der Waals surface area contributed by atoms with Gasteiger partial charge in [-0.3, -0.25) is 10.1 Å². The maximum Gasteiger partial charge on any atom is 0.373 e. The van der Waals surface area contributed by atoms with Gasteiger partial charge in [0.25, 0.3) is 0 Å². The van der Waals surface area contributed by atoms with E-state index in [0.29, 0.717) is 0 Å². The average Bonchev–Trinajstić information content (AvgIpc) is 2.52. The van der Waals surface area contributed by atoms with Gasteiger partial charge in [-0.15, -0.1) is 0 Å². The van der Waals surface area contributed by atoms with Crippen molar-refractivity contribution in [3.8, 4) is 0 Å². The van der Waals surface area contributed by atoms with E-state index in [2.05, 4.69) is 14.7 Å². The minimum atomic E-state index is -1.22. The van der Waals surface area contributed by atoms with Crippen LogP contribution in [-0.2, 0) is 4.79 Å². The number of rotatable bonds is 3. The fourth-order valence-electron chi connectivity index (χ4n) is 0.638. The Morgan fingerprint density at radius 2 is 2.38 bits per heavy atom. The van der Waals surface area contributed by atoms with E-state index in [9.17, 15) is 9.59 Å². The summed E-state index contributed by atoms with van der Waals surface area (Å²) in [6, 6.07) is -0.0933. The van der Waals surface area contributed by atoms with Gasteiger partial charge in [-0.05, 0) is 0 Å². The summed E-state index contributed by atoms with van der Waals surface area (Å²) in [6.07, 6.45) is 1.32. The van der Waals surface area contributed by atoms with Gasteiger partial charge in [-0.25, -0.2) is 9.78 Å². The number of nitrogens with one attached hydrogen (secondary N) is 1. The van der Waals surface area contributed by atoms with Crippen molar-refractivity contribution < 1.29 is 19.1 Å². The zero-order chi connectivity index (χ0) is 9.84. The molecule has 0 fully saturated rings. The molecule has 0 radical (unpaired) electrons. The van der Waals surface area contributed by atoms with Gasteiger partial charge in [-0.1, -0.05) is 6.92 Å². The zero-order valence-electron chi connectivity index (χ0n) is 6.90. The molecule has 1 heterocycles. The number of hydrogen-bond donors (Lipinski definition) is 2. The number of carboxylic acid groups (broad SMARTS) is 1. The van der Waals surface area contributed by atoms with Crippen LogP contribution in [0.3, 0.4) is 0 Å². The van der Waals surface area contributed by atoms with E-state index in [1.165, 1.54) is 0 Å². The molecule has 0 aliphatic heterocycles. The van der Waals surface area contributed by atoms with Gasteiger partial charge in [-0.2, -0.15) is 0 Å². The fourth-order valence-corrected chi connectivity index (χ4v) is 0.638. The molecule has 70 valence electrons. The van der Waals surface area contributed by atoms with E-state index in [-0.39, 0.29) is 24.1 Å². The van der Waals surface area contributed by atoms with Crippen molar-refractivity contribution in [3.63, 3.8) is 0 Å². The molecule has 1 aromatic rings. The Kier molecular flexibility index (Phi) is 2.63. The molecule has 0 unspecified atom stereocenters. The van der Waals surface area contributed by atoms with E-state index in [0.717, 1.165) is 6.20 Å². The minimum Gasteiger partial charge on any atom is -0.475 e. The van der Waals surface area contributed by atoms with Crippen LogP contribution >= 0.6 is 0 Å². The fraction of sp³-hybridized carbons (Fsp3) is 0.286. The molecule has 0 aliphatic carbocycles. The summed E-state index contributed by atoms with van der Waals surface area (Å²) in [5.74, 6) is -1.80. The lowest BCUT2D eigenvalue weighted by Gasteiger charge is -1.94. The number of aromatic nitrogens is 1. The number of carboxylic acids is 1. The van der Waals surface area contributed by atoms with Crippen molar-refractivity contribution in [2.75, 3.05) is 5.32 Å². The molecule has 0 bridgehead atoms. The number of anilines is 1. The maximum atomic E-state index is 10.8. The quantitative estimate of drug-likeness (QED) is 0.722. The van der Waals surface area contributed by atoms with Gasteiger partial charge in [0.05, 0.1) is 6.20 Å². The first-order chi connectivity index (χ1) is 6.13. The van der Waals surface area contributed by atoms with Gasteiger partial charge in [0, 0.05) is 6.42 Å². The van der Waals surface area contributed by atoms with E-state index < -0.39 is 5.97 Å². The molecule has 13 heavy (non-hydrogen) atoms. The predicted octanol–water partition coefficient (Wildman–Crippen LogP) is 0.721. The Hall–Kier alpha value is -1.85. The number of carbonyl (C=O) groups is 2. The monoisotopic (exact) mass is 184 g/mol. The Morgan fingerprint density at radius 3 is 2.85 bits per heavy atom. The molecular weight excluding hydrogens is 176 g/mol. The molecule has 6 heteroatoms. The molecular formula is C7H8N2O4. The summed E-state index contributed by atoms with van der Waals surface area (Å²) in [5.41, 5.74) is 0. The normalized spacial score (nSPS) is 9.62. The summed E-state index contributed by atoms with van der Waals surface area (Å²) >= 11 is 0. The Morgan fingerprint density at radius 1 is 1.69 bits per heavy atom. The highest BCUT2D eigenvalue weighted by atomic mass is 16.4. The summed E-state index contributed by atoms with van der Waals surface area (Å²) < 4.78 is 4.67. The van der Waals surface area contributed by atoms with E-state index in [4.69, 9.17) is 5.11 Å². The first-order valence-electron chi connectivity index (χ1n) is 3.62. The molecule has 6 nitrogen and oxygen atoms in total. The molecule has 0 aromatic carbocycles. The van der Waals surface area contributed by atoms with Gasteiger partial charge in [0.15, 0.2) is 0 Å². The first-order valence-corrected chi connectivity index (χ1v) is 3.62. The van der Waals surface area contributed by atoms with Crippen LogP contribution in [0, 0.1) is 0 Å². The van der Waals surface area contributed by atoms with Crippen LogP contribution in [0.4, 0.5) is 6.01 Å². The van der Waals surface area contributed by atoms with Gasteiger partial charge in [0.1, 0.15) is 0 Å². The maximum absolute atomic E-state index is 10.8. The lowest BCUT2D eigenvalue weighted by molar-refractivity contribution is -0.116. The zero-order valence-corrected chi connectivity index (χ0v) is 6.90. The second-order valence-electron chi connectivity index (χ2n) is 2.24. The number of amides is 1. The smallest absolute Gasteiger partial charge is 0.373 e. The number of hydrogen-bond acceptors (Lipinski definition) is 4. The third kappa shape index (κ3) is 2.29. The Labute approximate surface area is 73.6 Å². The van der Waals surface area contributed by atoms with E-state index in [1.807, 2.05) is 0 Å². The summed E-state index contributed by atoms with van der Waals surface area (Å²) in [7, 11) is 0.